The SMILES string of the molecule is CCCCCCCCCCCCCCCCCCCCCCC(=O)O[C@H](COC(=O)CCCCCCCCCCCCCC(C)C)COP(=O)(O)OC[C@@H](O)COP(=O)(O)OC[C@@H](COC(=O)CCCCCCCCC)OC(=O)CCCCCCCCC. The van der Waals surface area contributed by atoms with Crippen molar-refractivity contribution in [3.63, 3.8) is 0 Å². The summed E-state index contributed by atoms with van der Waals surface area (Å²) in [6.45, 7) is 7.15. The van der Waals surface area contributed by atoms with Crippen molar-refractivity contribution in [2.24, 2.45) is 5.92 Å². The highest BCUT2D eigenvalue weighted by molar-refractivity contribution is 7.47. The monoisotopic (exact) mass is 1300 g/mol. The van der Waals surface area contributed by atoms with Crippen LogP contribution in [0.2, 0.25) is 0 Å². The second kappa shape index (κ2) is 62.5. The van der Waals surface area contributed by atoms with Crippen LogP contribution in [0.4, 0.5) is 0 Å². The predicted octanol–water partition coefficient (Wildman–Crippen LogP) is 19.7. The lowest BCUT2D eigenvalue weighted by molar-refractivity contribution is -0.161. The van der Waals surface area contributed by atoms with E-state index in [1.54, 1.807) is 0 Å². The standard InChI is InChI=1S/C69H134O17P2/c1-6-9-12-15-18-19-20-21-22-23-24-25-26-27-28-31-35-40-45-50-55-69(74)86-65(59-80-67(72)53-48-43-39-34-32-29-30-33-38-41-46-51-62(4)5)61-84-88(77,78)82-57-63(70)56-81-87(75,76)83-60-64(85-68(73)54-49-44-37-17-14-11-8-3)58-79-66(71)52-47-42-36-16-13-10-7-2/h62-65,70H,6-61H2,1-5H3,(H,75,76)(H,77,78)/t63-,64+,65+/m0/s1. The third kappa shape index (κ3) is 62.8. The molecule has 522 valence electrons. The minimum absolute atomic E-state index is 0.104. The maximum Gasteiger partial charge on any atom is 0.472 e. The molecular formula is C69H134O17P2. The molecule has 3 N–H and O–H groups in total. The van der Waals surface area contributed by atoms with E-state index < -0.39 is 97.5 Å². The lowest BCUT2D eigenvalue weighted by Gasteiger charge is -2.21. The normalized spacial score (nSPS) is 14.1. The molecule has 0 saturated carbocycles. The lowest BCUT2D eigenvalue weighted by atomic mass is 10.0. The molecule has 17 nitrogen and oxygen atoms in total. The number of rotatable bonds is 69. The van der Waals surface area contributed by atoms with Gasteiger partial charge in [0.15, 0.2) is 12.2 Å². The average Bonchev–Trinajstić information content (AvgIpc) is 3.60. The maximum atomic E-state index is 13.0. The van der Waals surface area contributed by atoms with E-state index in [9.17, 15) is 43.2 Å². The number of aliphatic hydroxyl groups excluding tert-OH is 1. The summed E-state index contributed by atoms with van der Waals surface area (Å²) in [5.74, 6) is -1.36. The van der Waals surface area contributed by atoms with Crippen LogP contribution in [0.1, 0.15) is 356 Å². The molecule has 0 bridgehead atoms. The van der Waals surface area contributed by atoms with Gasteiger partial charge >= 0.3 is 39.5 Å². The molecule has 88 heavy (non-hydrogen) atoms. The van der Waals surface area contributed by atoms with E-state index in [1.807, 2.05) is 0 Å². The topological polar surface area (TPSA) is 237 Å². The highest BCUT2D eigenvalue weighted by Crippen LogP contribution is 2.45. The van der Waals surface area contributed by atoms with Crippen molar-refractivity contribution < 1.29 is 80.2 Å². The summed E-state index contributed by atoms with van der Waals surface area (Å²) in [6, 6.07) is 0. The van der Waals surface area contributed by atoms with E-state index in [4.69, 9.17) is 37.0 Å². The van der Waals surface area contributed by atoms with Gasteiger partial charge in [-0.25, -0.2) is 9.13 Å². The van der Waals surface area contributed by atoms with E-state index >= 15 is 0 Å². The fourth-order valence-corrected chi connectivity index (χ4v) is 12.0. The second-order valence-electron chi connectivity index (χ2n) is 25.4. The van der Waals surface area contributed by atoms with E-state index in [0.29, 0.717) is 25.7 Å². The Morgan fingerprint density at radius 1 is 0.307 bits per heavy atom. The van der Waals surface area contributed by atoms with Gasteiger partial charge in [-0.05, 0) is 31.6 Å². The second-order valence-corrected chi connectivity index (χ2v) is 28.3. The maximum absolute atomic E-state index is 13.0. The first-order chi connectivity index (χ1) is 42.5. The van der Waals surface area contributed by atoms with Gasteiger partial charge in [0.2, 0.25) is 0 Å². The number of ether oxygens (including phenoxy) is 4. The Labute approximate surface area is 537 Å². The molecule has 0 heterocycles. The first kappa shape index (κ1) is 86.1. The van der Waals surface area contributed by atoms with Crippen LogP contribution in [0, 0.1) is 5.92 Å². The van der Waals surface area contributed by atoms with Crippen LogP contribution in [-0.2, 0) is 65.4 Å². The van der Waals surface area contributed by atoms with Crippen LogP contribution in [0.15, 0.2) is 0 Å². The lowest BCUT2D eigenvalue weighted by Crippen LogP contribution is -2.30. The molecule has 0 aromatic rings. The average molecular weight is 1300 g/mol. The number of hydrogen-bond acceptors (Lipinski definition) is 15. The molecule has 0 aromatic carbocycles. The minimum Gasteiger partial charge on any atom is -0.462 e. The zero-order valence-corrected chi connectivity index (χ0v) is 58.6. The summed E-state index contributed by atoms with van der Waals surface area (Å²) in [5, 5.41) is 10.5. The fourth-order valence-electron chi connectivity index (χ4n) is 10.5. The zero-order chi connectivity index (χ0) is 64.9. The van der Waals surface area contributed by atoms with Gasteiger partial charge in [0.05, 0.1) is 26.4 Å². The van der Waals surface area contributed by atoms with Gasteiger partial charge in [-0.3, -0.25) is 37.3 Å². The van der Waals surface area contributed by atoms with E-state index in [1.165, 1.54) is 154 Å². The van der Waals surface area contributed by atoms with Crippen LogP contribution in [0.3, 0.4) is 0 Å². The van der Waals surface area contributed by atoms with Crippen molar-refractivity contribution in [2.75, 3.05) is 39.6 Å². The Bertz CT molecular complexity index is 1700. The number of esters is 4. The highest BCUT2D eigenvalue weighted by atomic mass is 31.2. The zero-order valence-electron chi connectivity index (χ0n) is 56.9. The summed E-state index contributed by atoms with van der Waals surface area (Å²) < 4.78 is 68.0. The smallest absolute Gasteiger partial charge is 0.462 e. The first-order valence-electron chi connectivity index (χ1n) is 36.1. The third-order valence-electron chi connectivity index (χ3n) is 16.0. The van der Waals surface area contributed by atoms with Crippen molar-refractivity contribution in [3.8, 4) is 0 Å². The molecular weight excluding hydrogens is 1160 g/mol. The van der Waals surface area contributed by atoms with Crippen LogP contribution in [-0.4, -0.2) is 96.7 Å². The molecule has 19 heteroatoms. The van der Waals surface area contributed by atoms with Gasteiger partial charge in [0, 0.05) is 25.7 Å². The van der Waals surface area contributed by atoms with Crippen molar-refractivity contribution in [1.29, 1.82) is 0 Å². The number of phosphoric acid groups is 2. The van der Waals surface area contributed by atoms with E-state index in [0.717, 1.165) is 121 Å². The Hall–Kier alpha value is -1.94. The van der Waals surface area contributed by atoms with Gasteiger partial charge in [-0.15, -0.1) is 0 Å². The molecule has 0 rings (SSSR count). The van der Waals surface area contributed by atoms with Gasteiger partial charge in [-0.2, -0.15) is 0 Å². The molecule has 0 aliphatic heterocycles. The van der Waals surface area contributed by atoms with Gasteiger partial charge < -0.3 is 33.8 Å². The first-order valence-corrected chi connectivity index (χ1v) is 39.1. The van der Waals surface area contributed by atoms with E-state index in [2.05, 4.69) is 34.6 Å². The highest BCUT2D eigenvalue weighted by Gasteiger charge is 2.30. The fraction of sp³-hybridized carbons (Fsp3) is 0.942. The largest absolute Gasteiger partial charge is 0.472 e. The van der Waals surface area contributed by atoms with Crippen molar-refractivity contribution in [1.82, 2.24) is 0 Å². The summed E-state index contributed by atoms with van der Waals surface area (Å²) >= 11 is 0. The Morgan fingerprint density at radius 2 is 0.523 bits per heavy atom. The van der Waals surface area contributed by atoms with Crippen LogP contribution >= 0.6 is 15.6 Å². The molecule has 0 amide bonds. The Balaban J connectivity index is 5.12. The van der Waals surface area contributed by atoms with Crippen molar-refractivity contribution in [3.05, 3.63) is 0 Å². The molecule has 0 radical (unpaired) electrons. The Kier molecular flexibility index (Phi) is 61.1. The molecule has 0 fully saturated rings. The number of aliphatic hydroxyl groups is 1. The van der Waals surface area contributed by atoms with Gasteiger partial charge in [-0.1, -0.05) is 304 Å². The Morgan fingerprint density at radius 3 is 0.773 bits per heavy atom. The van der Waals surface area contributed by atoms with Crippen LogP contribution in [0.25, 0.3) is 0 Å². The summed E-state index contributed by atoms with van der Waals surface area (Å²) in [7, 11) is -9.88. The van der Waals surface area contributed by atoms with Crippen molar-refractivity contribution >= 4 is 39.5 Å². The van der Waals surface area contributed by atoms with Crippen LogP contribution < -0.4 is 0 Å². The predicted molar refractivity (Wildman–Crippen MR) is 354 cm³/mol. The van der Waals surface area contributed by atoms with Crippen molar-refractivity contribution in [2.45, 2.75) is 374 Å². The van der Waals surface area contributed by atoms with E-state index in [-0.39, 0.29) is 25.7 Å². The molecule has 5 atom stereocenters. The number of carbonyl (C=O) groups is 4. The molecule has 0 aliphatic carbocycles. The molecule has 0 saturated heterocycles. The van der Waals surface area contributed by atoms with Gasteiger partial charge in [0.25, 0.3) is 0 Å². The number of phosphoric ester groups is 2. The number of hydrogen-bond donors (Lipinski definition) is 3. The summed E-state index contributed by atoms with van der Waals surface area (Å²) in [4.78, 5) is 72.2. The van der Waals surface area contributed by atoms with Gasteiger partial charge in [0.1, 0.15) is 19.3 Å². The number of carbonyl (C=O) groups excluding carboxylic acids is 4. The molecule has 0 aliphatic rings. The minimum atomic E-state index is -4.95. The summed E-state index contributed by atoms with van der Waals surface area (Å²) in [5.41, 5.74) is 0. The molecule has 0 spiro atoms. The number of unbranched alkanes of at least 4 members (excludes halogenated alkanes) is 41. The quantitative estimate of drug-likeness (QED) is 0.0222. The van der Waals surface area contributed by atoms with Crippen LogP contribution in [0.5, 0.6) is 0 Å². The molecule has 2 unspecified atom stereocenters. The summed E-state index contributed by atoms with van der Waals surface area (Å²) in [6.07, 6.45) is 49.0. The molecule has 0 aromatic heterocycles. The third-order valence-corrected chi connectivity index (χ3v) is 17.9.